The largest absolute Gasteiger partial charge is 0.325 e. The van der Waals surface area contributed by atoms with Gasteiger partial charge in [-0.2, -0.15) is 0 Å². The van der Waals surface area contributed by atoms with Gasteiger partial charge in [-0.1, -0.05) is 6.07 Å². The van der Waals surface area contributed by atoms with Gasteiger partial charge >= 0.3 is 5.69 Å². The van der Waals surface area contributed by atoms with Gasteiger partial charge in [-0.3, -0.25) is 9.78 Å². The number of rotatable bonds is 1. The Labute approximate surface area is 89.8 Å². The van der Waals surface area contributed by atoms with Crippen molar-refractivity contribution < 1.29 is 4.39 Å². The highest BCUT2D eigenvalue weighted by Gasteiger charge is 2.05. The van der Waals surface area contributed by atoms with Crippen LogP contribution in [0.2, 0.25) is 0 Å². The van der Waals surface area contributed by atoms with Crippen LogP contribution in [-0.2, 0) is 0 Å². The Hall–Kier alpha value is -2.17. The first-order valence-electron chi connectivity index (χ1n) is 4.66. The van der Waals surface area contributed by atoms with Crippen LogP contribution in [0.4, 0.5) is 4.39 Å². The van der Waals surface area contributed by atoms with Crippen LogP contribution in [0.5, 0.6) is 0 Å². The number of halogens is 1. The molecule has 1 heterocycles. The lowest BCUT2D eigenvalue weighted by Crippen LogP contribution is -2.22. The van der Waals surface area contributed by atoms with Crippen LogP contribution < -0.4 is 11.2 Å². The van der Waals surface area contributed by atoms with Gasteiger partial charge < -0.3 is 4.98 Å². The maximum Gasteiger partial charge on any atom is 0.325 e. The molecule has 0 unspecified atom stereocenters. The van der Waals surface area contributed by atoms with Crippen molar-refractivity contribution in [1.82, 2.24) is 9.97 Å². The summed E-state index contributed by atoms with van der Waals surface area (Å²) in [6, 6.07) is 4.33. The van der Waals surface area contributed by atoms with Crippen LogP contribution in [0.1, 0.15) is 5.56 Å². The maximum absolute atomic E-state index is 13.0. The fraction of sp³-hybridized carbons (Fsp3) is 0.0909. The molecule has 1 aromatic heterocycles. The molecule has 0 saturated heterocycles. The Morgan fingerprint density at radius 3 is 2.62 bits per heavy atom. The van der Waals surface area contributed by atoms with Gasteiger partial charge in [-0.25, -0.2) is 9.18 Å². The van der Waals surface area contributed by atoms with Crippen LogP contribution in [0.15, 0.2) is 34.0 Å². The third-order valence-electron chi connectivity index (χ3n) is 2.29. The highest BCUT2D eigenvalue weighted by atomic mass is 19.1. The predicted octanol–water partition coefficient (Wildman–Crippen LogP) is 1.18. The summed E-state index contributed by atoms with van der Waals surface area (Å²) in [6.07, 6.45) is 1.31. The Bertz CT molecular complexity index is 643. The van der Waals surface area contributed by atoms with Crippen molar-refractivity contribution in [1.29, 1.82) is 0 Å². The molecule has 2 rings (SSSR count). The average molecular weight is 220 g/mol. The van der Waals surface area contributed by atoms with E-state index in [0.29, 0.717) is 16.7 Å². The molecule has 0 bridgehead atoms. The van der Waals surface area contributed by atoms with E-state index in [-0.39, 0.29) is 5.82 Å². The number of aromatic amines is 2. The monoisotopic (exact) mass is 220 g/mol. The third kappa shape index (κ3) is 1.79. The Morgan fingerprint density at radius 1 is 1.25 bits per heavy atom. The van der Waals surface area contributed by atoms with E-state index in [2.05, 4.69) is 9.97 Å². The third-order valence-corrected chi connectivity index (χ3v) is 2.29. The summed E-state index contributed by atoms with van der Waals surface area (Å²) in [4.78, 5) is 26.8. The SMILES string of the molecule is Cc1cc(-c2c[nH]c(=O)[nH]c2=O)ccc1F. The van der Waals surface area contributed by atoms with Gasteiger partial charge in [0.15, 0.2) is 0 Å². The second-order valence-electron chi connectivity index (χ2n) is 3.45. The number of aryl methyl sites for hydroxylation is 1. The minimum absolute atomic E-state index is 0.308. The molecule has 0 atom stereocenters. The molecule has 0 amide bonds. The minimum atomic E-state index is -0.562. The zero-order valence-electron chi connectivity index (χ0n) is 8.50. The molecule has 0 aliphatic carbocycles. The van der Waals surface area contributed by atoms with Crippen molar-refractivity contribution >= 4 is 0 Å². The Kier molecular flexibility index (Phi) is 2.44. The van der Waals surface area contributed by atoms with E-state index >= 15 is 0 Å². The lowest BCUT2D eigenvalue weighted by molar-refractivity contribution is 0.619. The Balaban J connectivity index is 2.63. The van der Waals surface area contributed by atoms with Gasteiger partial charge in [0.05, 0.1) is 5.56 Å². The van der Waals surface area contributed by atoms with Crippen molar-refractivity contribution in [2.75, 3.05) is 0 Å². The summed E-state index contributed by atoms with van der Waals surface area (Å²) in [6.45, 7) is 1.61. The molecule has 0 radical (unpaired) electrons. The molecule has 2 aromatic rings. The first kappa shape index (κ1) is 10.4. The van der Waals surface area contributed by atoms with Crippen molar-refractivity contribution in [3.63, 3.8) is 0 Å². The van der Waals surface area contributed by atoms with Gasteiger partial charge in [-0.05, 0) is 30.2 Å². The van der Waals surface area contributed by atoms with E-state index in [4.69, 9.17) is 0 Å². The highest BCUT2D eigenvalue weighted by molar-refractivity contribution is 5.62. The molecule has 16 heavy (non-hydrogen) atoms. The lowest BCUT2D eigenvalue weighted by atomic mass is 10.1. The molecule has 0 fully saturated rings. The number of hydrogen-bond acceptors (Lipinski definition) is 2. The van der Waals surface area contributed by atoms with Gasteiger partial charge in [0, 0.05) is 6.20 Å². The molecule has 82 valence electrons. The fourth-order valence-corrected chi connectivity index (χ4v) is 1.44. The summed E-state index contributed by atoms with van der Waals surface area (Å²) in [7, 11) is 0. The van der Waals surface area contributed by atoms with Crippen molar-refractivity contribution in [2.24, 2.45) is 0 Å². The molecule has 0 aliphatic heterocycles. The predicted molar refractivity (Wildman–Crippen MR) is 57.8 cm³/mol. The molecule has 0 aliphatic rings. The number of H-pyrrole nitrogens is 2. The molecule has 4 nitrogen and oxygen atoms in total. The van der Waals surface area contributed by atoms with E-state index < -0.39 is 11.2 Å². The van der Waals surface area contributed by atoms with Crippen LogP contribution in [-0.4, -0.2) is 9.97 Å². The van der Waals surface area contributed by atoms with Crippen LogP contribution in [0, 0.1) is 12.7 Å². The molecule has 2 N–H and O–H groups in total. The minimum Gasteiger partial charge on any atom is -0.313 e. The molecule has 5 heteroatoms. The number of aromatic nitrogens is 2. The van der Waals surface area contributed by atoms with Crippen LogP contribution >= 0.6 is 0 Å². The summed E-state index contributed by atoms with van der Waals surface area (Å²) in [5, 5.41) is 0. The van der Waals surface area contributed by atoms with Crippen molar-refractivity contribution in [3.05, 3.63) is 56.6 Å². The second kappa shape index (κ2) is 3.77. The van der Waals surface area contributed by atoms with E-state index in [1.807, 2.05) is 0 Å². The maximum atomic E-state index is 13.0. The fourth-order valence-electron chi connectivity index (χ4n) is 1.44. The number of benzene rings is 1. The quantitative estimate of drug-likeness (QED) is 0.757. The summed E-state index contributed by atoms with van der Waals surface area (Å²) >= 11 is 0. The van der Waals surface area contributed by atoms with Gasteiger partial charge in [0.1, 0.15) is 5.82 Å². The average Bonchev–Trinajstić information content (AvgIpc) is 2.22. The van der Waals surface area contributed by atoms with E-state index in [9.17, 15) is 14.0 Å². The second-order valence-corrected chi connectivity index (χ2v) is 3.45. The van der Waals surface area contributed by atoms with E-state index in [1.54, 1.807) is 13.0 Å². The van der Waals surface area contributed by atoms with Crippen molar-refractivity contribution in [3.8, 4) is 11.1 Å². The highest BCUT2D eigenvalue weighted by Crippen LogP contribution is 2.17. The normalized spacial score (nSPS) is 10.4. The Morgan fingerprint density at radius 2 is 2.00 bits per heavy atom. The standard InChI is InChI=1S/C11H9FN2O2/c1-6-4-7(2-3-9(6)12)8-5-13-11(16)14-10(8)15/h2-5H,1H3,(H2,13,14,15,16). The first-order valence-corrected chi connectivity index (χ1v) is 4.66. The van der Waals surface area contributed by atoms with E-state index in [0.717, 1.165) is 0 Å². The van der Waals surface area contributed by atoms with Crippen LogP contribution in [0.25, 0.3) is 11.1 Å². The summed E-state index contributed by atoms with van der Waals surface area (Å²) in [5.41, 5.74) is 0.268. The molecular formula is C11H9FN2O2. The molecule has 0 saturated carbocycles. The van der Waals surface area contributed by atoms with Gasteiger partial charge in [0.2, 0.25) is 0 Å². The topological polar surface area (TPSA) is 65.7 Å². The summed E-state index contributed by atoms with van der Waals surface area (Å²) in [5.74, 6) is -0.329. The smallest absolute Gasteiger partial charge is 0.313 e. The molecular weight excluding hydrogens is 211 g/mol. The van der Waals surface area contributed by atoms with Crippen LogP contribution in [0.3, 0.4) is 0 Å². The first-order chi connectivity index (χ1) is 7.58. The number of nitrogens with one attached hydrogen (secondary N) is 2. The zero-order valence-corrected chi connectivity index (χ0v) is 8.50. The number of hydrogen-bond donors (Lipinski definition) is 2. The summed E-state index contributed by atoms with van der Waals surface area (Å²) < 4.78 is 13.0. The lowest BCUT2D eigenvalue weighted by Gasteiger charge is -2.02. The molecule has 1 aromatic carbocycles. The van der Waals surface area contributed by atoms with Crippen molar-refractivity contribution in [2.45, 2.75) is 6.92 Å². The zero-order chi connectivity index (χ0) is 11.7. The van der Waals surface area contributed by atoms with E-state index in [1.165, 1.54) is 18.3 Å². The van der Waals surface area contributed by atoms with Gasteiger partial charge in [-0.15, -0.1) is 0 Å². The molecule has 0 spiro atoms. The van der Waals surface area contributed by atoms with Gasteiger partial charge in [0.25, 0.3) is 5.56 Å².